The maximum absolute atomic E-state index is 6.48. The van der Waals surface area contributed by atoms with Gasteiger partial charge in [-0.2, -0.15) is 0 Å². The van der Waals surface area contributed by atoms with Crippen LogP contribution in [0.4, 0.5) is 17.5 Å². The van der Waals surface area contributed by atoms with Gasteiger partial charge in [0.25, 0.3) is 0 Å². The van der Waals surface area contributed by atoms with E-state index in [1.807, 2.05) is 76.2 Å². The molecule has 0 amide bonds. The third-order valence-corrected chi connectivity index (χ3v) is 17.5. The average Bonchev–Trinajstić information content (AvgIpc) is 2.70. The van der Waals surface area contributed by atoms with Gasteiger partial charge in [-0.05, 0) is 173 Å². The second kappa shape index (κ2) is 22.9. The molecule has 0 spiro atoms. The van der Waals surface area contributed by atoms with Crippen molar-refractivity contribution in [2.75, 3.05) is 30.6 Å². The van der Waals surface area contributed by atoms with E-state index in [0.717, 1.165) is 106 Å². The molecule has 432 valence electrons. The number of anilines is 3. The molecule has 8 atom stereocenters. The largest absolute Gasteiger partial charge is 0.497 e. The number of methoxy groups -OCH3 is 2. The highest BCUT2D eigenvalue weighted by Gasteiger charge is 2.55. The van der Waals surface area contributed by atoms with Crippen LogP contribution >= 0.6 is 11.6 Å². The highest BCUT2D eigenvalue weighted by Crippen LogP contribution is 2.51. The first-order valence-electron chi connectivity index (χ1n) is 29.0. The summed E-state index contributed by atoms with van der Waals surface area (Å²) >= 11 is 6.35. The number of halogens is 1. The lowest BCUT2D eigenvalue weighted by Crippen LogP contribution is -2.27. The standard InChI is InChI=1S/C33H34ClN5O3.C33H36N6O3/c2*1-33(2)41-29-23(17-27(30(29)42-33)39-15-14-25-31(34)36-19-37-32(25)39)9-5-20-4-8-22-10-13-28(38-26(22)16-20)35-18-21-6-11-24(40-3)12-7-21/h4,6-8,10-16,19,23,27,29-30H,5,9,17-18H2,1-3H3,(H,35,38);4,6-8,10-16,19,23,27,29-30H,5,9,17-18H2,1-3H3,(H,35,38)(H2,34,36,37)/t2*23-,27+,29+,30-/m00/s1. The summed E-state index contributed by atoms with van der Waals surface area (Å²) in [5.74, 6) is 3.38. The zero-order valence-electron chi connectivity index (χ0n) is 48.1. The number of nitrogen functional groups attached to an aromatic ring is 1. The molecule has 17 nitrogen and oxygen atoms in total. The smallest absolute Gasteiger partial charge is 0.163 e. The maximum atomic E-state index is 6.48. The van der Waals surface area contributed by atoms with Crippen molar-refractivity contribution in [3.63, 3.8) is 0 Å². The molecule has 0 radical (unpaired) electrons. The average molecular weight is 1150 g/mol. The van der Waals surface area contributed by atoms with Crippen LogP contribution in [0.25, 0.3) is 43.9 Å². The van der Waals surface area contributed by atoms with Crippen LogP contribution in [0.1, 0.15) is 87.7 Å². The number of nitrogens with zero attached hydrogens (tertiary/aromatic N) is 8. The molecular weight excluding hydrogens is 1080 g/mol. The van der Waals surface area contributed by atoms with Gasteiger partial charge in [0, 0.05) is 36.3 Å². The van der Waals surface area contributed by atoms with E-state index in [1.165, 1.54) is 34.9 Å². The molecule has 4 fully saturated rings. The number of benzene rings is 4. The van der Waals surface area contributed by atoms with Crippen molar-refractivity contribution in [3.8, 4) is 11.5 Å². The van der Waals surface area contributed by atoms with Crippen molar-refractivity contribution in [2.45, 2.75) is 127 Å². The van der Waals surface area contributed by atoms with Gasteiger partial charge in [-0.15, -0.1) is 0 Å². The Balaban J connectivity index is 0.000000157. The number of aromatic nitrogens is 8. The lowest BCUT2D eigenvalue weighted by Gasteiger charge is -2.24. The highest BCUT2D eigenvalue weighted by atomic mass is 35.5. The van der Waals surface area contributed by atoms with Crippen LogP contribution in [0.3, 0.4) is 0 Å². The van der Waals surface area contributed by atoms with Crippen molar-refractivity contribution in [1.82, 2.24) is 39.0 Å². The van der Waals surface area contributed by atoms with Gasteiger partial charge in [0.15, 0.2) is 11.6 Å². The first-order chi connectivity index (χ1) is 40.7. The first-order valence-corrected chi connectivity index (χ1v) is 29.4. The number of hydrogen-bond donors (Lipinski definition) is 3. The van der Waals surface area contributed by atoms with Gasteiger partial charge in [0.2, 0.25) is 0 Å². The molecule has 2 saturated carbocycles. The van der Waals surface area contributed by atoms with E-state index in [1.54, 1.807) is 14.2 Å². The summed E-state index contributed by atoms with van der Waals surface area (Å²) in [6, 6.07) is 41.9. The molecule has 2 saturated heterocycles. The maximum Gasteiger partial charge on any atom is 0.163 e. The van der Waals surface area contributed by atoms with Gasteiger partial charge in [0.1, 0.15) is 70.3 Å². The summed E-state index contributed by atoms with van der Waals surface area (Å²) in [5, 5.41) is 11.4. The summed E-state index contributed by atoms with van der Waals surface area (Å²) in [4.78, 5) is 27.2. The third-order valence-electron chi connectivity index (χ3n) is 17.2. The lowest BCUT2D eigenvalue weighted by molar-refractivity contribution is -0.160. The Labute approximate surface area is 493 Å². The predicted octanol–water partition coefficient (Wildman–Crippen LogP) is 12.9. The molecule has 0 unspecified atom stereocenters. The van der Waals surface area contributed by atoms with E-state index in [0.29, 0.717) is 35.9 Å². The van der Waals surface area contributed by atoms with E-state index in [-0.39, 0.29) is 36.5 Å². The highest BCUT2D eigenvalue weighted by molar-refractivity contribution is 6.33. The SMILES string of the molecule is COc1ccc(CNc2ccc3ccc(CC[C@H]4C[C@@H](n5ccc6c(Cl)ncnc65)[C@@H]5OC(C)(C)O[C@H]45)cc3n2)cc1.COc1ccc(CNc2ccc3ccc(CC[C@H]4C[C@@H](n5ccc6c(N)ncnc65)[C@@H]5OC(C)(C)O[C@H]45)cc3n2)cc1. The van der Waals surface area contributed by atoms with Crippen molar-refractivity contribution in [3.05, 3.63) is 174 Å². The molecular formula is C66H70ClN11O6. The summed E-state index contributed by atoms with van der Waals surface area (Å²) < 4.78 is 40.8. The molecule has 14 rings (SSSR count). The van der Waals surface area contributed by atoms with E-state index >= 15 is 0 Å². The molecule has 10 aromatic rings. The van der Waals surface area contributed by atoms with E-state index in [9.17, 15) is 0 Å². The van der Waals surface area contributed by atoms with Gasteiger partial charge >= 0.3 is 0 Å². The van der Waals surface area contributed by atoms with Crippen LogP contribution in [-0.2, 0) is 44.9 Å². The number of rotatable bonds is 16. The van der Waals surface area contributed by atoms with Gasteiger partial charge in [-0.25, -0.2) is 29.9 Å². The Morgan fingerprint density at radius 3 is 1.45 bits per heavy atom. The molecule has 6 aromatic heterocycles. The number of pyridine rings is 2. The topological polar surface area (TPSA) is 193 Å². The molecule has 8 heterocycles. The monoisotopic (exact) mass is 1150 g/mol. The Hall–Kier alpha value is -7.93. The minimum absolute atomic E-state index is 0.0205. The fraction of sp³-hybridized carbons (Fsp3) is 0.364. The Bertz CT molecular complexity index is 3730. The second-order valence-corrected chi connectivity index (χ2v) is 23.9. The van der Waals surface area contributed by atoms with Gasteiger partial charge in [0.05, 0.1) is 60.3 Å². The van der Waals surface area contributed by atoms with Gasteiger partial charge < -0.3 is 53.9 Å². The number of aryl methyl sites for hydroxylation is 2. The fourth-order valence-corrected chi connectivity index (χ4v) is 13.3. The summed E-state index contributed by atoms with van der Waals surface area (Å²) in [5.41, 5.74) is 14.7. The van der Waals surface area contributed by atoms with Crippen molar-refractivity contribution < 1.29 is 28.4 Å². The third kappa shape index (κ3) is 11.4. The number of nitrogens with two attached hydrogens (primary N) is 1. The van der Waals surface area contributed by atoms with Crippen LogP contribution in [0, 0.1) is 11.8 Å². The van der Waals surface area contributed by atoms with Crippen LogP contribution in [0.5, 0.6) is 11.5 Å². The second-order valence-electron chi connectivity index (χ2n) is 23.5. The van der Waals surface area contributed by atoms with E-state index in [4.69, 9.17) is 55.7 Å². The number of nitrogens with one attached hydrogen (secondary N) is 2. The van der Waals surface area contributed by atoms with Gasteiger partial charge in [-0.3, -0.25) is 0 Å². The van der Waals surface area contributed by atoms with Crippen molar-refractivity contribution >= 4 is 72.9 Å². The lowest BCUT2D eigenvalue weighted by atomic mass is 9.95. The molecule has 4 aromatic carbocycles. The summed E-state index contributed by atoms with van der Waals surface area (Å²) in [7, 11) is 3.36. The zero-order chi connectivity index (χ0) is 57.7. The Kier molecular flexibility index (Phi) is 15.1. The van der Waals surface area contributed by atoms with Crippen LogP contribution in [-0.4, -0.2) is 89.2 Å². The number of hydrogen-bond acceptors (Lipinski definition) is 15. The predicted molar refractivity (Wildman–Crippen MR) is 327 cm³/mol. The normalized spacial score (nSPS) is 22.9. The van der Waals surface area contributed by atoms with Crippen LogP contribution < -0.4 is 25.8 Å². The van der Waals surface area contributed by atoms with Gasteiger partial charge in [-0.1, -0.05) is 60.1 Å². The number of ether oxygens (including phenoxy) is 6. The van der Waals surface area contributed by atoms with E-state index in [2.05, 4.69) is 125 Å². The summed E-state index contributed by atoms with van der Waals surface area (Å²) in [6.45, 7) is 9.40. The molecule has 0 bridgehead atoms. The fourth-order valence-electron chi connectivity index (χ4n) is 13.1. The molecule has 4 N–H and O–H groups in total. The van der Waals surface area contributed by atoms with E-state index < -0.39 is 11.6 Å². The number of fused-ring (bicyclic) bond motifs is 6. The van der Waals surface area contributed by atoms with Crippen molar-refractivity contribution in [1.29, 1.82) is 0 Å². The summed E-state index contributed by atoms with van der Waals surface area (Å²) in [6.07, 6.45) is 12.9. The van der Waals surface area contributed by atoms with Crippen LogP contribution in [0.2, 0.25) is 5.15 Å². The minimum atomic E-state index is -0.621. The molecule has 4 aliphatic rings. The van der Waals surface area contributed by atoms with Crippen molar-refractivity contribution in [2.24, 2.45) is 11.8 Å². The molecule has 2 aliphatic heterocycles. The Morgan fingerprint density at radius 1 is 0.536 bits per heavy atom. The zero-order valence-corrected chi connectivity index (χ0v) is 48.9. The Morgan fingerprint density at radius 2 is 0.964 bits per heavy atom. The van der Waals surface area contributed by atoms with Crippen LogP contribution in [0.15, 0.2) is 146 Å². The quantitative estimate of drug-likeness (QED) is 0.0773. The minimum Gasteiger partial charge on any atom is -0.497 e. The first kappa shape index (κ1) is 55.3. The molecule has 18 heteroatoms. The molecule has 84 heavy (non-hydrogen) atoms. The molecule has 2 aliphatic carbocycles.